The van der Waals surface area contributed by atoms with Gasteiger partial charge in [0.2, 0.25) is 5.91 Å². The van der Waals surface area contributed by atoms with Crippen molar-refractivity contribution in [1.29, 1.82) is 0 Å². The van der Waals surface area contributed by atoms with Gasteiger partial charge in [-0.15, -0.1) is 0 Å². The predicted octanol–water partition coefficient (Wildman–Crippen LogP) is 10.4. The number of benzene rings is 5. The third-order valence-corrected chi connectivity index (χ3v) is 10.3. The number of hydrogen-bond acceptors (Lipinski definition) is 3. The Labute approximate surface area is 313 Å². The van der Waals surface area contributed by atoms with Crippen LogP contribution in [0, 0.1) is 13.8 Å². The molecule has 0 saturated carbocycles. The van der Waals surface area contributed by atoms with Crippen LogP contribution >= 0.6 is 0 Å². The smallest absolute Gasteiger partial charge is 0.346 e. The lowest BCUT2D eigenvalue weighted by molar-refractivity contribution is -0.141. The highest BCUT2D eigenvalue weighted by Crippen LogP contribution is 2.51. The molecule has 0 aliphatic heterocycles. The zero-order valence-electron chi connectivity index (χ0n) is 29.9. The molecule has 1 aliphatic carbocycles. The number of fused-ring (bicyclic) bond motifs is 4. The number of nitrogens with one attached hydrogen (secondary N) is 2. The first-order chi connectivity index (χ1) is 26.2. The highest BCUT2D eigenvalue weighted by atomic mass is 19.4. The molecule has 282 valence electrons. The third-order valence-electron chi connectivity index (χ3n) is 10.3. The number of halogens is 6. The molecule has 55 heavy (non-hydrogen) atoms. The second-order valence-electron chi connectivity index (χ2n) is 13.8. The topological polar surface area (TPSA) is 76.0 Å². The van der Waals surface area contributed by atoms with Gasteiger partial charge in [0, 0.05) is 12.1 Å². The van der Waals surface area contributed by atoms with E-state index in [1.165, 1.54) is 12.1 Å². The molecule has 2 amide bonds. The van der Waals surface area contributed by atoms with Crippen LogP contribution in [-0.4, -0.2) is 34.1 Å². The Balaban J connectivity index is 1.13. The largest absolute Gasteiger partial charge is 0.416 e. The molecule has 0 radical (unpaired) electrons. The summed E-state index contributed by atoms with van der Waals surface area (Å²) in [6, 6.07) is 29.8. The van der Waals surface area contributed by atoms with Crippen LogP contribution in [0.1, 0.15) is 57.7 Å². The molecule has 0 atom stereocenters. The van der Waals surface area contributed by atoms with E-state index in [-0.39, 0.29) is 12.0 Å². The van der Waals surface area contributed by atoms with Crippen molar-refractivity contribution in [3.8, 4) is 22.3 Å². The van der Waals surface area contributed by atoms with Crippen molar-refractivity contribution in [3.05, 3.63) is 143 Å². The first-order valence-corrected chi connectivity index (χ1v) is 17.8. The molecule has 0 saturated heterocycles. The molecule has 2 N–H and O–H groups in total. The maximum absolute atomic E-state index is 13.9. The first kappa shape index (κ1) is 37.4. The van der Waals surface area contributed by atoms with Crippen molar-refractivity contribution in [2.24, 2.45) is 0 Å². The molecule has 6 aromatic rings. The van der Waals surface area contributed by atoms with Crippen LogP contribution in [0.2, 0.25) is 0 Å². The number of alkyl halides is 6. The fraction of sp³-hybridized carbons (Fsp3) is 0.233. The lowest BCUT2D eigenvalue weighted by Gasteiger charge is -2.31. The second-order valence-corrected chi connectivity index (χ2v) is 13.8. The van der Waals surface area contributed by atoms with Crippen molar-refractivity contribution < 1.29 is 35.9 Å². The van der Waals surface area contributed by atoms with E-state index >= 15 is 0 Å². The lowest BCUT2D eigenvalue weighted by Crippen LogP contribution is -2.47. The minimum atomic E-state index is -4.57. The van der Waals surface area contributed by atoms with Gasteiger partial charge in [-0.1, -0.05) is 84.9 Å². The number of nitrogens with zero attached hydrogens (tertiary/aromatic N) is 2. The van der Waals surface area contributed by atoms with E-state index in [0.29, 0.717) is 58.7 Å². The summed E-state index contributed by atoms with van der Waals surface area (Å²) >= 11 is 0. The molecule has 1 aliphatic rings. The van der Waals surface area contributed by atoms with E-state index in [1.807, 2.05) is 66.9 Å². The average molecular weight is 755 g/mol. The Morgan fingerprint density at radius 3 is 1.95 bits per heavy atom. The summed E-state index contributed by atoms with van der Waals surface area (Å²) in [6.45, 7) is 2.73. The normalized spacial score (nSPS) is 13.4. The SMILES string of the molecule is Cc1ccc2c(nc(C)n2CCCCC2(C(=O)NCC(F)(F)F)c3ccccc3-c3ccccc32)c1NC(=O)c1ccccc1-c1ccc(C(F)(F)F)cc1. The predicted molar refractivity (Wildman–Crippen MR) is 200 cm³/mol. The van der Waals surface area contributed by atoms with Crippen LogP contribution in [0.15, 0.2) is 109 Å². The van der Waals surface area contributed by atoms with Gasteiger partial charge in [0.1, 0.15) is 23.3 Å². The number of imidazole rings is 1. The van der Waals surface area contributed by atoms with Gasteiger partial charge >= 0.3 is 12.4 Å². The number of carbonyl (C=O) groups is 2. The standard InChI is InChI=1S/C43H36F6N4O2/c1-26-17-22-36-38(37(26)52-39(54)33-14-4-3-11-30(33)28-18-20-29(21-19-28)43(47,48)49)51-27(2)53(36)24-10-9-23-41(40(55)50-25-42(44,45)46)34-15-7-5-12-31(34)32-13-6-8-16-35(32)41/h3-8,11-22H,9-10,23-25H2,1-2H3,(H,50,55)(H,52,54). The number of aromatic nitrogens is 2. The summed E-state index contributed by atoms with van der Waals surface area (Å²) in [5, 5.41) is 5.18. The number of carbonyl (C=O) groups excluding carboxylic acids is 2. The number of rotatable bonds is 10. The lowest BCUT2D eigenvalue weighted by atomic mass is 9.73. The van der Waals surface area contributed by atoms with Crippen LogP contribution < -0.4 is 10.6 Å². The molecule has 0 unspecified atom stereocenters. The van der Waals surface area contributed by atoms with Gasteiger partial charge in [-0.05, 0) is 96.3 Å². The highest BCUT2D eigenvalue weighted by molar-refractivity contribution is 6.12. The Kier molecular flexibility index (Phi) is 9.79. The van der Waals surface area contributed by atoms with E-state index in [2.05, 4.69) is 10.6 Å². The molecular weight excluding hydrogens is 718 g/mol. The van der Waals surface area contributed by atoms with E-state index < -0.39 is 41.7 Å². The van der Waals surface area contributed by atoms with Crippen molar-refractivity contribution >= 4 is 28.5 Å². The molecule has 5 aromatic carbocycles. The van der Waals surface area contributed by atoms with Crippen LogP contribution in [-0.2, 0) is 22.9 Å². The van der Waals surface area contributed by atoms with Crippen LogP contribution in [0.25, 0.3) is 33.3 Å². The Morgan fingerprint density at radius 2 is 1.33 bits per heavy atom. The third kappa shape index (κ3) is 7.08. The van der Waals surface area contributed by atoms with Gasteiger partial charge in [0.25, 0.3) is 5.91 Å². The summed E-state index contributed by atoms with van der Waals surface area (Å²) in [5.41, 5.74) is 4.66. The fourth-order valence-electron chi connectivity index (χ4n) is 7.75. The quantitative estimate of drug-likeness (QED) is 0.108. The number of unbranched alkanes of at least 4 members (excludes halogenated alkanes) is 1. The van der Waals surface area contributed by atoms with Crippen molar-refractivity contribution in [2.75, 3.05) is 11.9 Å². The average Bonchev–Trinajstić information content (AvgIpc) is 3.64. The Morgan fingerprint density at radius 1 is 0.727 bits per heavy atom. The monoisotopic (exact) mass is 754 g/mol. The van der Waals surface area contributed by atoms with Gasteiger partial charge in [0.15, 0.2) is 0 Å². The van der Waals surface area contributed by atoms with Gasteiger partial charge in [0.05, 0.1) is 16.8 Å². The molecule has 0 bridgehead atoms. The second kappa shape index (κ2) is 14.4. The maximum atomic E-state index is 13.9. The summed E-state index contributed by atoms with van der Waals surface area (Å²) < 4.78 is 81.6. The van der Waals surface area contributed by atoms with E-state index in [1.54, 1.807) is 36.4 Å². The zero-order valence-corrected chi connectivity index (χ0v) is 29.9. The van der Waals surface area contributed by atoms with Gasteiger partial charge in [-0.3, -0.25) is 9.59 Å². The van der Waals surface area contributed by atoms with Gasteiger partial charge in [-0.2, -0.15) is 26.3 Å². The Bertz CT molecular complexity index is 2370. The molecule has 6 nitrogen and oxygen atoms in total. The Hall–Kier alpha value is -5.91. The molecule has 0 spiro atoms. The van der Waals surface area contributed by atoms with E-state index in [0.717, 1.165) is 34.3 Å². The minimum Gasteiger partial charge on any atom is -0.346 e. The first-order valence-electron chi connectivity index (χ1n) is 17.8. The van der Waals surface area contributed by atoms with Crippen LogP contribution in [0.5, 0.6) is 0 Å². The molecule has 7 rings (SSSR count). The summed E-state index contributed by atoms with van der Waals surface area (Å²) in [6.07, 6.45) is -7.71. The zero-order chi connectivity index (χ0) is 39.1. The highest BCUT2D eigenvalue weighted by Gasteiger charge is 2.49. The summed E-state index contributed by atoms with van der Waals surface area (Å²) in [4.78, 5) is 32.5. The van der Waals surface area contributed by atoms with Crippen molar-refractivity contribution in [1.82, 2.24) is 14.9 Å². The van der Waals surface area contributed by atoms with Crippen LogP contribution in [0.3, 0.4) is 0 Å². The molecule has 0 fully saturated rings. The number of hydrogen-bond donors (Lipinski definition) is 2. The molecule has 1 heterocycles. The fourth-order valence-corrected chi connectivity index (χ4v) is 7.75. The summed E-state index contributed by atoms with van der Waals surface area (Å²) in [5.74, 6) is -0.470. The van der Waals surface area contributed by atoms with Crippen LogP contribution in [0.4, 0.5) is 32.0 Å². The van der Waals surface area contributed by atoms with Gasteiger partial charge in [-0.25, -0.2) is 4.98 Å². The maximum Gasteiger partial charge on any atom is 0.416 e. The number of aryl methyl sites for hydroxylation is 3. The van der Waals surface area contributed by atoms with Crippen molar-refractivity contribution in [3.63, 3.8) is 0 Å². The van der Waals surface area contributed by atoms with E-state index in [4.69, 9.17) is 4.98 Å². The van der Waals surface area contributed by atoms with Crippen molar-refractivity contribution in [2.45, 2.75) is 57.4 Å². The molecule has 1 aromatic heterocycles. The minimum absolute atomic E-state index is 0.273. The van der Waals surface area contributed by atoms with Gasteiger partial charge < -0.3 is 15.2 Å². The molecular formula is C43H36F6N4O2. The molecule has 12 heteroatoms. The number of amides is 2. The van der Waals surface area contributed by atoms with E-state index in [9.17, 15) is 35.9 Å². The summed E-state index contributed by atoms with van der Waals surface area (Å²) in [7, 11) is 0. The number of anilines is 1.